The van der Waals surface area contributed by atoms with Gasteiger partial charge >= 0.3 is 0 Å². The predicted octanol–water partition coefficient (Wildman–Crippen LogP) is 2.08. The highest BCUT2D eigenvalue weighted by Crippen LogP contribution is 2.13. The van der Waals surface area contributed by atoms with Gasteiger partial charge in [0.25, 0.3) is 5.91 Å². The summed E-state index contributed by atoms with van der Waals surface area (Å²) in [5.74, 6) is 0.663. The molecular weight excluding hydrogens is 302 g/mol. The summed E-state index contributed by atoms with van der Waals surface area (Å²) in [5, 5.41) is 9.22. The van der Waals surface area contributed by atoms with Crippen LogP contribution in [0.5, 0.6) is 0 Å². The minimum absolute atomic E-state index is 0.0192. The van der Waals surface area contributed by atoms with Crippen LogP contribution in [0.3, 0.4) is 0 Å². The predicted molar refractivity (Wildman–Crippen MR) is 95.7 cm³/mol. The van der Waals surface area contributed by atoms with Crippen LogP contribution in [0.2, 0.25) is 0 Å². The summed E-state index contributed by atoms with van der Waals surface area (Å²) < 4.78 is 0. The molecule has 1 aromatic carbocycles. The van der Waals surface area contributed by atoms with Crippen LogP contribution in [0.25, 0.3) is 0 Å². The zero-order valence-electron chi connectivity index (χ0n) is 14.9. The first-order valence-electron chi connectivity index (χ1n) is 8.72. The number of carbonyl (C=O) groups excluding carboxylic acids is 2. The van der Waals surface area contributed by atoms with Crippen molar-refractivity contribution in [3.63, 3.8) is 0 Å². The topological polar surface area (TPSA) is 70.2 Å². The molecule has 5 heteroatoms. The fraction of sp³-hybridized carbons (Fsp3) is 0.579. The van der Waals surface area contributed by atoms with E-state index in [1.807, 2.05) is 45.0 Å². The first-order valence-corrected chi connectivity index (χ1v) is 8.72. The smallest absolute Gasteiger partial charge is 0.251 e. The molecule has 1 unspecified atom stereocenters. The first kappa shape index (κ1) is 18.5. The number of amides is 2. The van der Waals surface area contributed by atoms with Crippen molar-refractivity contribution in [3.8, 4) is 0 Å². The van der Waals surface area contributed by atoms with Crippen LogP contribution < -0.4 is 16.0 Å². The Bertz CT molecular complexity index is 555. The van der Waals surface area contributed by atoms with E-state index in [4.69, 9.17) is 0 Å². The molecule has 132 valence electrons. The van der Waals surface area contributed by atoms with Gasteiger partial charge in [-0.2, -0.15) is 0 Å². The van der Waals surface area contributed by atoms with Crippen LogP contribution in [0.4, 0.5) is 0 Å². The van der Waals surface area contributed by atoms with Crippen LogP contribution in [0.1, 0.15) is 49.5 Å². The number of carbonyl (C=O) groups is 2. The summed E-state index contributed by atoms with van der Waals surface area (Å²) in [6.45, 7) is 9.00. The third-order valence-electron chi connectivity index (χ3n) is 4.35. The summed E-state index contributed by atoms with van der Waals surface area (Å²) in [6, 6.07) is 7.40. The highest BCUT2D eigenvalue weighted by Gasteiger charge is 2.20. The number of nitrogens with one attached hydrogen (secondary N) is 3. The molecule has 1 aliphatic heterocycles. The quantitative estimate of drug-likeness (QED) is 0.747. The van der Waals surface area contributed by atoms with Crippen LogP contribution >= 0.6 is 0 Å². The van der Waals surface area contributed by atoms with Crippen molar-refractivity contribution >= 4 is 11.8 Å². The van der Waals surface area contributed by atoms with Crippen LogP contribution in [-0.2, 0) is 11.3 Å². The highest BCUT2D eigenvalue weighted by molar-refractivity contribution is 5.94. The lowest BCUT2D eigenvalue weighted by Crippen LogP contribution is -2.34. The fourth-order valence-corrected chi connectivity index (χ4v) is 2.67. The molecule has 2 amide bonds. The molecule has 1 aliphatic rings. The Kier molecular flexibility index (Phi) is 6.37. The maximum absolute atomic E-state index is 12.1. The molecule has 5 nitrogen and oxygen atoms in total. The standard InChI is InChI=1S/C19H29N3O2/c1-19(2,3)18(24)22-13-14-4-6-16(7-5-14)17(23)21-11-9-15-8-10-20-12-15/h4-7,15,20H,8-13H2,1-3H3,(H,21,23)(H,22,24). The minimum Gasteiger partial charge on any atom is -0.352 e. The summed E-state index contributed by atoms with van der Waals surface area (Å²) in [4.78, 5) is 24.0. The molecule has 1 heterocycles. The van der Waals surface area contributed by atoms with E-state index in [0.717, 1.165) is 25.1 Å². The fourth-order valence-electron chi connectivity index (χ4n) is 2.67. The van der Waals surface area contributed by atoms with E-state index in [2.05, 4.69) is 16.0 Å². The lowest BCUT2D eigenvalue weighted by Gasteiger charge is -2.17. The Morgan fingerprint density at radius 1 is 1.17 bits per heavy atom. The van der Waals surface area contributed by atoms with Gasteiger partial charge < -0.3 is 16.0 Å². The molecule has 0 radical (unpaired) electrons. The summed E-state index contributed by atoms with van der Waals surface area (Å²) >= 11 is 0. The molecule has 24 heavy (non-hydrogen) atoms. The lowest BCUT2D eigenvalue weighted by molar-refractivity contribution is -0.128. The molecule has 1 atom stereocenters. The monoisotopic (exact) mass is 331 g/mol. The normalized spacial score (nSPS) is 17.5. The molecule has 0 aliphatic carbocycles. The number of hydrogen-bond donors (Lipinski definition) is 3. The highest BCUT2D eigenvalue weighted by atomic mass is 16.2. The van der Waals surface area contributed by atoms with E-state index < -0.39 is 5.41 Å². The molecule has 0 bridgehead atoms. The number of benzene rings is 1. The molecule has 0 spiro atoms. The second-order valence-corrected chi connectivity index (χ2v) is 7.53. The van der Waals surface area contributed by atoms with Gasteiger partial charge in [-0.25, -0.2) is 0 Å². The van der Waals surface area contributed by atoms with E-state index in [1.165, 1.54) is 6.42 Å². The molecule has 2 rings (SSSR count). The Labute approximate surface area is 144 Å². The van der Waals surface area contributed by atoms with Crippen LogP contribution in [0, 0.1) is 11.3 Å². The second-order valence-electron chi connectivity index (χ2n) is 7.53. The van der Waals surface area contributed by atoms with Gasteiger partial charge in [0.2, 0.25) is 5.91 Å². The number of rotatable bonds is 6. The summed E-state index contributed by atoms with van der Waals surface area (Å²) in [6.07, 6.45) is 2.22. The summed E-state index contributed by atoms with van der Waals surface area (Å²) in [5.41, 5.74) is 1.25. The van der Waals surface area contributed by atoms with E-state index in [0.29, 0.717) is 24.6 Å². The SMILES string of the molecule is CC(C)(C)C(=O)NCc1ccc(C(=O)NCCC2CCNC2)cc1. The van der Waals surface area contributed by atoms with Gasteiger partial charge in [0.05, 0.1) is 0 Å². The van der Waals surface area contributed by atoms with Gasteiger partial charge in [-0.05, 0) is 49.5 Å². The molecule has 1 saturated heterocycles. The molecule has 0 saturated carbocycles. The van der Waals surface area contributed by atoms with Crippen molar-refractivity contribution in [1.29, 1.82) is 0 Å². The summed E-state index contributed by atoms with van der Waals surface area (Å²) in [7, 11) is 0. The minimum atomic E-state index is -0.394. The van der Waals surface area contributed by atoms with Crippen molar-refractivity contribution < 1.29 is 9.59 Å². The molecular formula is C19H29N3O2. The molecule has 3 N–H and O–H groups in total. The van der Waals surface area contributed by atoms with E-state index in [9.17, 15) is 9.59 Å². The van der Waals surface area contributed by atoms with Crippen molar-refractivity contribution in [1.82, 2.24) is 16.0 Å². The van der Waals surface area contributed by atoms with Crippen LogP contribution in [0.15, 0.2) is 24.3 Å². The second kappa shape index (κ2) is 8.29. The van der Waals surface area contributed by atoms with E-state index in [1.54, 1.807) is 0 Å². The molecule has 1 fully saturated rings. The van der Waals surface area contributed by atoms with Gasteiger partial charge in [0.15, 0.2) is 0 Å². The molecule has 0 aromatic heterocycles. The van der Waals surface area contributed by atoms with Gasteiger partial charge in [-0.15, -0.1) is 0 Å². The van der Waals surface area contributed by atoms with Crippen molar-refractivity contribution in [2.75, 3.05) is 19.6 Å². The van der Waals surface area contributed by atoms with Crippen molar-refractivity contribution in [2.45, 2.75) is 40.2 Å². The Morgan fingerprint density at radius 2 is 1.88 bits per heavy atom. The van der Waals surface area contributed by atoms with E-state index in [-0.39, 0.29) is 11.8 Å². The maximum atomic E-state index is 12.1. The number of hydrogen-bond acceptors (Lipinski definition) is 3. The Hall–Kier alpha value is -1.88. The van der Waals surface area contributed by atoms with Crippen LogP contribution in [-0.4, -0.2) is 31.4 Å². The van der Waals surface area contributed by atoms with Gasteiger partial charge in [0, 0.05) is 24.1 Å². The van der Waals surface area contributed by atoms with Crippen molar-refractivity contribution in [3.05, 3.63) is 35.4 Å². The van der Waals surface area contributed by atoms with E-state index >= 15 is 0 Å². The molecule has 1 aromatic rings. The lowest BCUT2D eigenvalue weighted by atomic mass is 9.95. The van der Waals surface area contributed by atoms with Gasteiger partial charge in [0.1, 0.15) is 0 Å². The van der Waals surface area contributed by atoms with Gasteiger partial charge in [-0.3, -0.25) is 9.59 Å². The maximum Gasteiger partial charge on any atom is 0.251 e. The van der Waals surface area contributed by atoms with Crippen molar-refractivity contribution in [2.24, 2.45) is 11.3 Å². The third kappa shape index (κ3) is 5.64. The average molecular weight is 331 g/mol. The zero-order chi connectivity index (χ0) is 17.6. The average Bonchev–Trinajstić information content (AvgIpc) is 3.05. The first-order chi connectivity index (χ1) is 11.4. The zero-order valence-corrected chi connectivity index (χ0v) is 14.9. The third-order valence-corrected chi connectivity index (χ3v) is 4.35. The Morgan fingerprint density at radius 3 is 2.46 bits per heavy atom. The Balaban J connectivity index is 1.76. The van der Waals surface area contributed by atoms with Gasteiger partial charge in [-0.1, -0.05) is 32.9 Å². The largest absolute Gasteiger partial charge is 0.352 e.